The quantitative estimate of drug-likeness (QED) is 0.492. The first-order valence-electron chi connectivity index (χ1n) is 6.59. The van der Waals surface area contributed by atoms with Crippen molar-refractivity contribution in [2.75, 3.05) is 19.0 Å². The highest BCUT2D eigenvalue weighted by Crippen LogP contribution is 2.48. The number of hydrogen-bond donors (Lipinski definition) is 1. The molecular weight excluding hydrogens is 293 g/mol. The Morgan fingerprint density at radius 2 is 2.27 bits per heavy atom. The van der Waals surface area contributed by atoms with Gasteiger partial charge >= 0.3 is 11.7 Å². The van der Waals surface area contributed by atoms with Gasteiger partial charge in [-0.2, -0.15) is 9.65 Å². The summed E-state index contributed by atoms with van der Waals surface area (Å²) >= 11 is 0. The molecule has 0 saturated heterocycles. The van der Waals surface area contributed by atoms with E-state index in [1.807, 2.05) is 0 Å². The number of carbonyl (C=O) groups is 1. The highest BCUT2D eigenvalue weighted by molar-refractivity contribution is 5.91. The van der Waals surface area contributed by atoms with Crippen LogP contribution in [0.25, 0.3) is 0 Å². The Kier molecular flexibility index (Phi) is 4.26. The predicted molar refractivity (Wildman–Crippen MR) is 74.8 cm³/mol. The third-order valence-electron chi connectivity index (χ3n) is 3.73. The van der Waals surface area contributed by atoms with Gasteiger partial charge in [0.25, 0.3) is 0 Å². The van der Waals surface area contributed by atoms with Crippen molar-refractivity contribution in [1.82, 2.24) is 0 Å². The molecule has 1 saturated carbocycles. The van der Waals surface area contributed by atoms with Crippen LogP contribution in [0.2, 0.25) is 0 Å². The Morgan fingerprint density at radius 3 is 2.77 bits per heavy atom. The number of nitrogens with one attached hydrogen (secondary N) is 1. The number of anilines is 1. The zero-order valence-corrected chi connectivity index (χ0v) is 11.9. The predicted octanol–water partition coefficient (Wildman–Crippen LogP) is 2.63. The van der Waals surface area contributed by atoms with Crippen molar-refractivity contribution in [3.8, 4) is 6.07 Å². The molecule has 0 bridgehead atoms. The lowest BCUT2D eigenvalue weighted by molar-refractivity contribution is -0.386. The molecule has 1 aliphatic carbocycles. The number of hydrogen-bond acceptors (Lipinski definition) is 6. The second-order valence-corrected chi connectivity index (χ2v) is 5.29. The summed E-state index contributed by atoms with van der Waals surface area (Å²) in [6.45, 7) is 0.311. The highest BCUT2D eigenvalue weighted by Gasteiger charge is 2.42. The maximum absolute atomic E-state index is 13.9. The van der Waals surface area contributed by atoms with E-state index in [0.717, 1.165) is 26.0 Å². The van der Waals surface area contributed by atoms with Gasteiger partial charge in [0.05, 0.1) is 23.7 Å². The SMILES string of the molecule is COC(=O)c1cc(F)c([N+](=O)[O-])c(NCC2(CC#N)CC2)c1. The fourth-order valence-electron chi connectivity index (χ4n) is 2.20. The molecular formula is C14H14FN3O4. The lowest BCUT2D eigenvalue weighted by atomic mass is 10.0. The fourth-order valence-corrected chi connectivity index (χ4v) is 2.20. The molecule has 0 heterocycles. The highest BCUT2D eigenvalue weighted by atomic mass is 19.1. The van der Waals surface area contributed by atoms with Crippen LogP contribution in [0.15, 0.2) is 12.1 Å². The van der Waals surface area contributed by atoms with Crippen molar-refractivity contribution in [2.24, 2.45) is 5.41 Å². The van der Waals surface area contributed by atoms with E-state index in [4.69, 9.17) is 5.26 Å². The third-order valence-corrected chi connectivity index (χ3v) is 3.73. The molecule has 1 N–H and O–H groups in total. The van der Waals surface area contributed by atoms with Gasteiger partial charge in [0.1, 0.15) is 5.69 Å². The minimum atomic E-state index is -1.11. The van der Waals surface area contributed by atoms with Crippen molar-refractivity contribution in [3.63, 3.8) is 0 Å². The minimum absolute atomic E-state index is 0.0883. The van der Waals surface area contributed by atoms with Gasteiger partial charge in [-0.1, -0.05) is 0 Å². The molecule has 22 heavy (non-hydrogen) atoms. The van der Waals surface area contributed by atoms with Crippen LogP contribution in [0.1, 0.15) is 29.6 Å². The van der Waals surface area contributed by atoms with Crippen LogP contribution in [0.4, 0.5) is 15.8 Å². The first kappa shape index (κ1) is 15.7. The van der Waals surface area contributed by atoms with Crippen molar-refractivity contribution < 1.29 is 18.8 Å². The van der Waals surface area contributed by atoms with Gasteiger partial charge in [0, 0.05) is 18.4 Å². The van der Waals surface area contributed by atoms with Gasteiger partial charge in [-0.15, -0.1) is 0 Å². The zero-order valence-electron chi connectivity index (χ0n) is 11.9. The molecule has 0 aliphatic heterocycles. The van der Waals surface area contributed by atoms with Gasteiger partial charge in [-0.05, 0) is 25.0 Å². The Hall–Kier alpha value is -2.69. The molecule has 1 aromatic rings. The van der Waals surface area contributed by atoms with E-state index in [1.165, 1.54) is 6.07 Å². The van der Waals surface area contributed by atoms with Crippen LogP contribution in [-0.4, -0.2) is 24.5 Å². The van der Waals surface area contributed by atoms with E-state index in [9.17, 15) is 19.3 Å². The molecule has 1 aliphatic rings. The number of rotatable bonds is 6. The smallest absolute Gasteiger partial charge is 0.338 e. The number of methoxy groups -OCH3 is 1. The van der Waals surface area contributed by atoms with Gasteiger partial charge < -0.3 is 10.1 Å². The number of nitriles is 1. The van der Waals surface area contributed by atoms with Gasteiger partial charge in [-0.25, -0.2) is 4.79 Å². The monoisotopic (exact) mass is 307 g/mol. The van der Waals surface area contributed by atoms with Crippen LogP contribution in [0.3, 0.4) is 0 Å². The maximum Gasteiger partial charge on any atom is 0.338 e. The van der Waals surface area contributed by atoms with Crippen molar-refractivity contribution in [1.29, 1.82) is 5.26 Å². The van der Waals surface area contributed by atoms with E-state index in [-0.39, 0.29) is 16.7 Å². The van der Waals surface area contributed by atoms with Gasteiger partial charge in [-0.3, -0.25) is 10.1 Å². The van der Waals surface area contributed by atoms with Gasteiger partial charge in [0.15, 0.2) is 0 Å². The fraction of sp³-hybridized carbons (Fsp3) is 0.429. The topological polar surface area (TPSA) is 105 Å². The number of nitro benzene ring substituents is 1. The molecule has 7 nitrogen and oxygen atoms in total. The van der Waals surface area contributed by atoms with Crippen LogP contribution < -0.4 is 5.32 Å². The van der Waals surface area contributed by atoms with Crippen molar-refractivity contribution >= 4 is 17.3 Å². The Bertz CT molecular complexity index is 665. The van der Waals surface area contributed by atoms with Gasteiger partial charge in [0.2, 0.25) is 5.82 Å². The standard InChI is InChI=1S/C14H14FN3O4/c1-22-13(19)9-6-10(15)12(18(20)21)11(7-9)17-8-14(2-3-14)4-5-16/h6-7,17H,2-4,8H2,1H3. The first-order chi connectivity index (χ1) is 10.4. The van der Waals surface area contributed by atoms with E-state index in [0.29, 0.717) is 13.0 Å². The molecule has 116 valence electrons. The largest absolute Gasteiger partial charge is 0.465 e. The van der Waals surface area contributed by atoms with E-state index in [1.54, 1.807) is 0 Å². The van der Waals surface area contributed by atoms with Crippen molar-refractivity contribution in [3.05, 3.63) is 33.6 Å². The Balaban J connectivity index is 2.31. The molecule has 1 aromatic carbocycles. The summed E-state index contributed by atoms with van der Waals surface area (Å²) in [5.74, 6) is -1.89. The summed E-state index contributed by atoms with van der Waals surface area (Å²) < 4.78 is 18.4. The molecule has 8 heteroatoms. The zero-order chi connectivity index (χ0) is 16.3. The summed E-state index contributed by atoms with van der Waals surface area (Å²) in [6.07, 6.45) is 1.99. The Labute approximate surface area is 125 Å². The lowest BCUT2D eigenvalue weighted by Crippen LogP contribution is -2.16. The van der Waals surface area contributed by atoms with E-state index in [2.05, 4.69) is 16.1 Å². The Morgan fingerprint density at radius 1 is 1.59 bits per heavy atom. The molecule has 1 fully saturated rings. The number of benzene rings is 1. The summed E-state index contributed by atoms with van der Waals surface area (Å²) in [7, 11) is 1.14. The minimum Gasteiger partial charge on any atom is -0.465 e. The summed E-state index contributed by atoms with van der Waals surface area (Å²) in [6, 6.07) is 4.04. The number of nitrogens with zero attached hydrogens (tertiary/aromatic N) is 2. The molecule has 0 radical (unpaired) electrons. The average molecular weight is 307 g/mol. The number of esters is 1. The van der Waals surface area contributed by atoms with Crippen LogP contribution >= 0.6 is 0 Å². The average Bonchev–Trinajstić information content (AvgIpc) is 3.23. The number of carbonyl (C=O) groups excluding carboxylic acids is 1. The maximum atomic E-state index is 13.9. The van der Waals surface area contributed by atoms with Crippen LogP contribution in [-0.2, 0) is 4.74 Å². The molecule has 0 aromatic heterocycles. The third kappa shape index (κ3) is 3.14. The normalized spacial score (nSPS) is 14.8. The van der Waals surface area contributed by atoms with Crippen LogP contribution in [0.5, 0.6) is 0 Å². The molecule has 0 unspecified atom stereocenters. The summed E-state index contributed by atoms with van der Waals surface area (Å²) in [4.78, 5) is 21.7. The molecule has 0 spiro atoms. The summed E-state index contributed by atoms with van der Waals surface area (Å²) in [5, 5.41) is 22.6. The van der Waals surface area contributed by atoms with Crippen molar-refractivity contribution in [2.45, 2.75) is 19.3 Å². The number of ether oxygens (including phenoxy) is 1. The number of nitro groups is 1. The lowest BCUT2D eigenvalue weighted by Gasteiger charge is -2.14. The summed E-state index contributed by atoms with van der Waals surface area (Å²) in [5.41, 5.74) is -1.14. The first-order valence-corrected chi connectivity index (χ1v) is 6.59. The van der Waals surface area contributed by atoms with E-state index >= 15 is 0 Å². The second kappa shape index (κ2) is 5.97. The molecule has 0 amide bonds. The number of halogens is 1. The molecule has 2 rings (SSSR count). The second-order valence-electron chi connectivity index (χ2n) is 5.29. The van der Waals surface area contributed by atoms with Crippen LogP contribution in [0, 0.1) is 32.7 Å². The molecule has 0 atom stereocenters. The van der Waals surface area contributed by atoms with E-state index < -0.39 is 22.4 Å².